The molecule has 0 saturated heterocycles. The molecule has 1 aliphatic carbocycles. The number of aryl methyl sites for hydroxylation is 2. The van der Waals surface area contributed by atoms with Gasteiger partial charge in [-0.2, -0.15) is 0 Å². The SMILES string of the molecule is O=C(NNC(=O)c1cc2c(s1)CCC2)c1ccccn1. The third-order valence-electron chi connectivity index (χ3n) is 3.16. The van der Waals surface area contributed by atoms with Crippen molar-refractivity contribution in [1.29, 1.82) is 0 Å². The van der Waals surface area contributed by atoms with Gasteiger partial charge < -0.3 is 0 Å². The van der Waals surface area contributed by atoms with E-state index >= 15 is 0 Å². The molecule has 2 heterocycles. The highest BCUT2D eigenvalue weighted by molar-refractivity contribution is 7.14. The Morgan fingerprint density at radius 2 is 2.00 bits per heavy atom. The number of nitrogens with zero attached hydrogens (tertiary/aromatic N) is 1. The second kappa shape index (κ2) is 5.42. The molecule has 1 aliphatic rings. The maximum absolute atomic E-state index is 12.0. The van der Waals surface area contributed by atoms with Crippen LogP contribution in [0.25, 0.3) is 0 Å². The Bertz CT molecular complexity index is 630. The third-order valence-corrected chi connectivity index (χ3v) is 4.39. The summed E-state index contributed by atoms with van der Waals surface area (Å²) in [6.45, 7) is 0. The van der Waals surface area contributed by atoms with Crippen LogP contribution in [-0.4, -0.2) is 16.8 Å². The minimum Gasteiger partial charge on any atom is -0.266 e. The number of rotatable bonds is 2. The van der Waals surface area contributed by atoms with E-state index in [9.17, 15) is 9.59 Å². The first-order valence-corrected chi connectivity index (χ1v) is 7.19. The summed E-state index contributed by atoms with van der Waals surface area (Å²) in [4.78, 5) is 29.5. The fourth-order valence-corrected chi connectivity index (χ4v) is 3.33. The summed E-state index contributed by atoms with van der Waals surface area (Å²) < 4.78 is 0. The van der Waals surface area contributed by atoms with Crippen LogP contribution in [0.3, 0.4) is 0 Å². The average Bonchev–Trinajstić information content (AvgIpc) is 3.06. The van der Waals surface area contributed by atoms with Crippen molar-refractivity contribution in [3.63, 3.8) is 0 Å². The molecule has 2 aromatic heterocycles. The van der Waals surface area contributed by atoms with E-state index in [0.717, 1.165) is 12.8 Å². The largest absolute Gasteiger partial charge is 0.288 e. The van der Waals surface area contributed by atoms with Crippen LogP contribution >= 0.6 is 11.3 Å². The highest BCUT2D eigenvalue weighted by Crippen LogP contribution is 2.30. The average molecular weight is 287 g/mol. The number of hydrazine groups is 1. The number of fused-ring (bicyclic) bond motifs is 1. The number of nitrogens with one attached hydrogen (secondary N) is 2. The topological polar surface area (TPSA) is 71.1 Å². The van der Waals surface area contributed by atoms with E-state index in [1.807, 2.05) is 6.07 Å². The summed E-state index contributed by atoms with van der Waals surface area (Å²) in [5.74, 6) is -0.711. The zero-order valence-corrected chi connectivity index (χ0v) is 11.5. The molecule has 0 saturated carbocycles. The summed E-state index contributed by atoms with van der Waals surface area (Å²) in [6.07, 6.45) is 4.78. The summed E-state index contributed by atoms with van der Waals surface area (Å²) in [7, 11) is 0. The van der Waals surface area contributed by atoms with E-state index in [1.165, 1.54) is 34.4 Å². The van der Waals surface area contributed by atoms with Gasteiger partial charge in [0, 0.05) is 11.1 Å². The Morgan fingerprint density at radius 1 is 1.15 bits per heavy atom. The van der Waals surface area contributed by atoms with Crippen molar-refractivity contribution in [2.45, 2.75) is 19.3 Å². The van der Waals surface area contributed by atoms with E-state index in [-0.39, 0.29) is 11.6 Å². The number of thiophene rings is 1. The van der Waals surface area contributed by atoms with Gasteiger partial charge in [-0.1, -0.05) is 6.07 Å². The lowest BCUT2D eigenvalue weighted by Crippen LogP contribution is -2.41. The van der Waals surface area contributed by atoms with Gasteiger partial charge in [-0.25, -0.2) is 0 Å². The van der Waals surface area contributed by atoms with E-state index in [4.69, 9.17) is 0 Å². The monoisotopic (exact) mass is 287 g/mol. The van der Waals surface area contributed by atoms with Gasteiger partial charge in [0.05, 0.1) is 4.88 Å². The standard InChI is InChI=1S/C14H13N3O2S/c18-13(10-5-1-2-7-15-10)16-17-14(19)12-8-9-4-3-6-11(9)20-12/h1-2,5,7-8H,3-4,6H2,(H,16,18)(H,17,19). The van der Waals surface area contributed by atoms with Crippen LogP contribution in [0.5, 0.6) is 0 Å². The van der Waals surface area contributed by atoms with Crippen LogP contribution in [0.4, 0.5) is 0 Å². The fraction of sp³-hybridized carbons (Fsp3) is 0.214. The minimum atomic E-state index is -0.428. The maximum Gasteiger partial charge on any atom is 0.288 e. The molecule has 0 fully saturated rings. The molecule has 0 aromatic carbocycles. The number of pyridine rings is 1. The van der Waals surface area contributed by atoms with Crippen molar-refractivity contribution in [2.24, 2.45) is 0 Å². The Balaban J connectivity index is 1.60. The number of aromatic nitrogens is 1. The van der Waals surface area contributed by atoms with Crippen molar-refractivity contribution in [1.82, 2.24) is 15.8 Å². The molecule has 3 rings (SSSR count). The van der Waals surface area contributed by atoms with E-state index in [1.54, 1.807) is 18.2 Å². The van der Waals surface area contributed by atoms with Gasteiger partial charge in [-0.05, 0) is 43.0 Å². The smallest absolute Gasteiger partial charge is 0.266 e. The van der Waals surface area contributed by atoms with Crippen molar-refractivity contribution in [3.8, 4) is 0 Å². The summed E-state index contributed by atoms with van der Waals surface area (Å²) in [6, 6.07) is 6.94. The minimum absolute atomic E-state index is 0.265. The van der Waals surface area contributed by atoms with E-state index in [0.29, 0.717) is 4.88 Å². The van der Waals surface area contributed by atoms with Crippen molar-refractivity contribution < 1.29 is 9.59 Å². The molecule has 0 radical (unpaired) electrons. The molecular weight excluding hydrogens is 274 g/mol. The number of amides is 2. The summed E-state index contributed by atoms with van der Waals surface area (Å²) in [5.41, 5.74) is 6.31. The van der Waals surface area contributed by atoms with E-state index < -0.39 is 5.91 Å². The zero-order valence-electron chi connectivity index (χ0n) is 10.7. The third kappa shape index (κ3) is 2.55. The molecule has 0 unspecified atom stereocenters. The van der Waals surface area contributed by atoms with Gasteiger partial charge in [0.15, 0.2) is 0 Å². The highest BCUT2D eigenvalue weighted by Gasteiger charge is 2.18. The van der Waals surface area contributed by atoms with Crippen LogP contribution < -0.4 is 10.9 Å². The van der Waals surface area contributed by atoms with Crippen LogP contribution in [0, 0.1) is 0 Å². The van der Waals surface area contributed by atoms with Gasteiger partial charge >= 0.3 is 0 Å². The predicted octanol–water partition coefficient (Wildman–Crippen LogP) is 1.71. The number of carbonyl (C=O) groups excluding carboxylic acids is 2. The second-order valence-electron chi connectivity index (χ2n) is 4.54. The lowest BCUT2D eigenvalue weighted by atomic mass is 10.2. The molecular formula is C14H13N3O2S. The van der Waals surface area contributed by atoms with Crippen LogP contribution in [0.15, 0.2) is 30.5 Å². The molecule has 5 nitrogen and oxygen atoms in total. The molecule has 6 heteroatoms. The van der Waals surface area contributed by atoms with Gasteiger partial charge in [-0.15, -0.1) is 11.3 Å². The zero-order chi connectivity index (χ0) is 13.9. The molecule has 2 amide bonds. The number of carbonyl (C=O) groups is 2. The number of hydrogen-bond donors (Lipinski definition) is 2. The second-order valence-corrected chi connectivity index (χ2v) is 5.67. The first kappa shape index (κ1) is 12.8. The quantitative estimate of drug-likeness (QED) is 0.826. The Kier molecular flexibility index (Phi) is 3.47. The predicted molar refractivity (Wildman–Crippen MR) is 75.5 cm³/mol. The lowest BCUT2D eigenvalue weighted by Gasteiger charge is -2.05. The Labute approximate surface area is 120 Å². The van der Waals surface area contributed by atoms with Gasteiger partial charge in [0.2, 0.25) is 0 Å². The van der Waals surface area contributed by atoms with Crippen molar-refractivity contribution >= 4 is 23.2 Å². The van der Waals surface area contributed by atoms with Gasteiger partial charge in [0.1, 0.15) is 5.69 Å². The molecule has 0 bridgehead atoms. The first-order valence-electron chi connectivity index (χ1n) is 6.37. The van der Waals surface area contributed by atoms with Crippen LogP contribution in [0.1, 0.15) is 37.0 Å². The highest BCUT2D eigenvalue weighted by atomic mass is 32.1. The molecule has 102 valence electrons. The normalized spacial score (nSPS) is 12.8. The summed E-state index contributed by atoms with van der Waals surface area (Å²) >= 11 is 1.50. The van der Waals surface area contributed by atoms with Gasteiger partial charge in [-0.3, -0.25) is 25.4 Å². The van der Waals surface area contributed by atoms with Crippen LogP contribution in [-0.2, 0) is 12.8 Å². The molecule has 20 heavy (non-hydrogen) atoms. The van der Waals surface area contributed by atoms with Crippen molar-refractivity contribution in [3.05, 3.63) is 51.5 Å². The van der Waals surface area contributed by atoms with E-state index in [2.05, 4.69) is 15.8 Å². The molecule has 2 N–H and O–H groups in total. The Hall–Kier alpha value is -2.21. The first-order chi connectivity index (χ1) is 9.74. The van der Waals surface area contributed by atoms with Gasteiger partial charge in [0.25, 0.3) is 11.8 Å². The molecule has 0 atom stereocenters. The maximum atomic E-state index is 12.0. The summed E-state index contributed by atoms with van der Waals surface area (Å²) in [5, 5.41) is 0. The molecule has 0 aliphatic heterocycles. The molecule has 2 aromatic rings. The van der Waals surface area contributed by atoms with Crippen molar-refractivity contribution in [2.75, 3.05) is 0 Å². The number of hydrogen-bond acceptors (Lipinski definition) is 4. The van der Waals surface area contributed by atoms with Crippen LogP contribution in [0.2, 0.25) is 0 Å². The Morgan fingerprint density at radius 3 is 2.75 bits per heavy atom. The fourth-order valence-electron chi connectivity index (χ4n) is 2.18. The lowest BCUT2D eigenvalue weighted by molar-refractivity contribution is 0.0846. The molecule has 0 spiro atoms.